The lowest BCUT2D eigenvalue weighted by Crippen LogP contribution is -2.18. The van der Waals surface area contributed by atoms with E-state index in [-0.39, 0.29) is 5.75 Å². The normalized spacial score (nSPS) is 12.5. The summed E-state index contributed by atoms with van der Waals surface area (Å²) in [6.07, 6.45) is 3.44. The van der Waals surface area contributed by atoms with Crippen LogP contribution in [0.4, 0.5) is 0 Å². The largest absolute Gasteiger partial charge is 0.504 e. The molecule has 0 unspecified atom stereocenters. The van der Waals surface area contributed by atoms with Crippen molar-refractivity contribution in [2.45, 2.75) is 25.3 Å². The van der Waals surface area contributed by atoms with Crippen LogP contribution in [0.3, 0.4) is 0 Å². The predicted octanol–water partition coefficient (Wildman–Crippen LogP) is 1.40. The summed E-state index contributed by atoms with van der Waals surface area (Å²) in [5.74, 6) is -0.602. The number of aliphatic imine (C=N–C) groups is 1. The Kier molecular flexibility index (Phi) is 6.52. The Bertz CT molecular complexity index is 474. The number of methoxy groups -OCH3 is 1. The van der Waals surface area contributed by atoms with E-state index in [9.17, 15) is 9.90 Å². The van der Waals surface area contributed by atoms with Crippen LogP contribution >= 0.6 is 0 Å². The van der Waals surface area contributed by atoms with Crippen molar-refractivity contribution in [3.05, 3.63) is 23.8 Å². The van der Waals surface area contributed by atoms with Crippen LogP contribution in [0.2, 0.25) is 0 Å². The van der Waals surface area contributed by atoms with Gasteiger partial charge in [0.15, 0.2) is 11.5 Å². The third kappa shape index (κ3) is 4.89. The van der Waals surface area contributed by atoms with Crippen LogP contribution in [0, 0.1) is 0 Å². The summed E-state index contributed by atoms with van der Waals surface area (Å²) in [6, 6.07) is 3.93. The van der Waals surface area contributed by atoms with Crippen molar-refractivity contribution in [3.63, 3.8) is 0 Å². The predicted molar refractivity (Wildman–Crippen MR) is 76.6 cm³/mol. The van der Waals surface area contributed by atoms with E-state index in [0.717, 1.165) is 12.8 Å². The second-order valence-corrected chi connectivity index (χ2v) is 4.35. The van der Waals surface area contributed by atoms with Crippen LogP contribution in [-0.2, 0) is 4.79 Å². The summed E-state index contributed by atoms with van der Waals surface area (Å²) in [5.41, 5.74) is 6.05. The highest BCUT2D eigenvalue weighted by molar-refractivity contribution is 5.84. The minimum absolute atomic E-state index is 0.0300. The Morgan fingerprint density at radius 2 is 2.25 bits per heavy atom. The quantitative estimate of drug-likeness (QED) is 0.493. The number of carbonyl (C=O) groups is 1. The molecule has 0 heterocycles. The van der Waals surface area contributed by atoms with Crippen LogP contribution < -0.4 is 10.5 Å². The van der Waals surface area contributed by atoms with Crippen molar-refractivity contribution >= 4 is 12.2 Å². The van der Waals surface area contributed by atoms with Gasteiger partial charge in [0, 0.05) is 6.21 Å². The number of hydrogen-bond acceptors (Lipinski definition) is 5. The molecule has 110 valence electrons. The third-order valence-electron chi connectivity index (χ3n) is 2.82. The van der Waals surface area contributed by atoms with Crippen LogP contribution in [0.15, 0.2) is 23.2 Å². The van der Waals surface area contributed by atoms with Gasteiger partial charge in [-0.3, -0.25) is 4.99 Å². The second kappa shape index (κ2) is 8.16. The summed E-state index contributed by atoms with van der Waals surface area (Å²) in [6.45, 7) is 0.547. The zero-order valence-electron chi connectivity index (χ0n) is 11.5. The van der Waals surface area contributed by atoms with E-state index >= 15 is 0 Å². The maximum Gasteiger partial charge on any atom is 0.328 e. The molecule has 0 aliphatic heterocycles. The summed E-state index contributed by atoms with van der Waals surface area (Å²) in [4.78, 5) is 15.2. The molecule has 0 amide bonds. The number of phenols is 1. The van der Waals surface area contributed by atoms with E-state index in [1.54, 1.807) is 12.1 Å². The van der Waals surface area contributed by atoms with Crippen molar-refractivity contribution in [2.75, 3.05) is 13.7 Å². The molecule has 1 atom stereocenters. The van der Waals surface area contributed by atoms with Crippen molar-refractivity contribution in [1.82, 2.24) is 0 Å². The Labute approximate surface area is 117 Å². The lowest BCUT2D eigenvalue weighted by molar-refractivity contribution is -0.138. The summed E-state index contributed by atoms with van der Waals surface area (Å²) in [7, 11) is 1.45. The molecule has 0 spiro atoms. The van der Waals surface area contributed by atoms with Crippen LogP contribution in [-0.4, -0.2) is 42.1 Å². The lowest BCUT2D eigenvalue weighted by atomic mass is 10.1. The van der Waals surface area contributed by atoms with Crippen LogP contribution in [0.1, 0.15) is 24.8 Å². The molecule has 0 fully saturated rings. The highest BCUT2D eigenvalue weighted by atomic mass is 16.5. The minimum Gasteiger partial charge on any atom is -0.504 e. The van der Waals surface area contributed by atoms with Gasteiger partial charge in [0.1, 0.15) is 6.04 Å². The van der Waals surface area contributed by atoms with Gasteiger partial charge in [0.05, 0.1) is 7.11 Å². The molecule has 0 saturated carbocycles. The molecule has 0 aliphatic carbocycles. The fourth-order valence-electron chi connectivity index (χ4n) is 1.69. The topological polar surface area (TPSA) is 105 Å². The maximum absolute atomic E-state index is 11.1. The number of benzene rings is 1. The number of aliphatic carboxylic acids is 1. The first-order valence-corrected chi connectivity index (χ1v) is 6.41. The molecular weight excluding hydrogens is 260 g/mol. The van der Waals surface area contributed by atoms with Gasteiger partial charge in [0.25, 0.3) is 0 Å². The molecule has 20 heavy (non-hydrogen) atoms. The number of unbranched alkanes of at least 4 members (excludes halogenated alkanes) is 1. The second-order valence-electron chi connectivity index (χ2n) is 4.35. The number of rotatable bonds is 8. The number of aromatic hydroxyl groups is 1. The molecule has 0 aromatic heterocycles. The van der Waals surface area contributed by atoms with Gasteiger partial charge in [-0.05, 0) is 49.6 Å². The van der Waals surface area contributed by atoms with Gasteiger partial charge in [-0.25, -0.2) is 4.79 Å². The SMILES string of the molecule is COc1cc(C=N[C@@H](CCCCN)C(=O)O)ccc1O. The maximum atomic E-state index is 11.1. The number of carboxylic acids is 1. The molecule has 1 aromatic rings. The summed E-state index contributed by atoms with van der Waals surface area (Å²) in [5, 5.41) is 18.6. The van der Waals surface area contributed by atoms with Gasteiger partial charge < -0.3 is 20.7 Å². The number of phenolic OH excluding ortho intramolecular Hbond substituents is 1. The van der Waals surface area contributed by atoms with E-state index in [0.29, 0.717) is 24.3 Å². The Morgan fingerprint density at radius 3 is 2.85 bits per heavy atom. The Balaban J connectivity index is 2.74. The zero-order chi connectivity index (χ0) is 15.0. The fourth-order valence-corrected chi connectivity index (χ4v) is 1.69. The molecule has 1 rings (SSSR count). The van der Waals surface area contributed by atoms with E-state index in [4.69, 9.17) is 15.6 Å². The van der Waals surface area contributed by atoms with Gasteiger partial charge in [-0.1, -0.05) is 0 Å². The number of ether oxygens (including phenoxy) is 1. The first-order chi connectivity index (χ1) is 9.58. The average molecular weight is 280 g/mol. The van der Waals surface area contributed by atoms with Gasteiger partial charge in [0.2, 0.25) is 0 Å². The standard InChI is InChI=1S/C14H20N2O4/c1-20-13-8-10(5-6-12(13)17)9-16-11(14(18)19)4-2-3-7-15/h5-6,8-9,11,17H,2-4,7,15H2,1H3,(H,18,19)/t11-/m0/s1. The molecule has 6 nitrogen and oxygen atoms in total. The lowest BCUT2D eigenvalue weighted by Gasteiger charge is -2.07. The van der Waals surface area contributed by atoms with E-state index in [1.807, 2.05) is 0 Å². The van der Waals surface area contributed by atoms with Crippen molar-refractivity contribution < 1.29 is 19.7 Å². The number of carboxylic acid groups (broad SMARTS) is 1. The van der Waals surface area contributed by atoms with E-state index < -0.39 is 12.0 Å². The highest BCUT2D eigenvalue weighted by Crippen LogP contribution is 2.25. The van der Waals surface area contributed by atoms with Gasteiger partial charge in [-0.2, -0.15) is 0 Å². The first kappa shape index (κ1) is 16.0. The van der Waals surface area contributed by atoms with Crippen molar-refractivity contribution in [3.8, 4) is 11.5 Å². The number of nitrogens with zero attached hydrogens (tertiary/aromatic N) is 1. The monoisotopic (exact) mass is 280 g/mol. The number of nitrogens with two attached hydrogens (primary N) is 1. The van der Waals surface area contributed by atoms with E-state index in [1.165, 1.54) is 19.4 Å². The molecule has 0 aliphatic rings. The van der Waals surface area contributed by atoms with Crippen LogP contribution in [0.5, 0.6) is 11.5 Å². The Hall–Kier alpha value is -2.08. The molecule has 0 bridgehead atoms. The fraction of sp³-hybridized carbons (Fsp3) is 0.429. The molecular formula is C14H20N2O4. The van der Waals surface area contributed by atoms with Crippen molar-refractivity contribution in [2.24, 2.45) is 10.7 Å². The molecule has 6 heteroatoms. The third-order valence-corrected chi connectivity index (χ3v) is 2.82. The molecule has 0 radical (unpaired) electrons. The molecule has 4 N–H and O–H groups in total. The zero-order valence-corrected chi connectivity index (χ0v) is 11.5. The number of hydrogen-bond donors (Lipinski definition) is 3. The summed E-state index contributed by atoms with van der Waals surface area (Å²) < 4.78 is 4.98. The highest BCUT2D eigenvalue weighted by Gasteiger charge is 2.14. The summed E-state index contributed by atoms with van der Waals surface area (Å²) >= 11 is 0. The Morgan fingerprint density at radius 1 is 1.50 bits per heavy atom. The van der Waals surface area contributed by atoms with Crippen molar-refractivity contribution in [1.29, 1.82) is 0 Å². The van der Waals surface area contributed by atoms with E-state index in [2.05, 4.69) is 4.99 Å². The minimum atomic E-state index is -0.955. The van der Waals surface area contributed by atoms with Gasteiger partial charge >= 0.3 is 5.97 Å². The molecule has 1 aromatic carbocycles. The first-order valence-electron chi connectivity index (χ1n) is 6.41. The molecule has 0 saturated heterocycles. The van der Waals surface area contributed by atoms with Gasteiger partial charge in [-0.15, -0.1) is 0 Å². The van der Waals surface area contributed by atoms with Crippen LogP contribution in [0.25, 0.3) is 0 Å². The smallest absolute Gasteiger partial charge is 0.328 e. The average Bonchev–Trinajstić information content (AvgIpc) is 2.43.